The van der Waals surface area contributed by atoms with Crippen LogP contribution in [0.3, 0.4) is 0 Å². The summed E-state index contributed by atoms with van der Waals surface area (Å²) >= 11 is 0. The second-order valence-electron chi connectivity index (χ2n) is 4.17. The number of hydrogen-bond donors (Lipinski definition) is 0. The first kappa shape index (κ1) is 11.6. The maximum atomic E-state index is 5.13. The van der Waals surface area contributed by atoms with Gasteiger partial charge in [0.1, 0.15) is 11.9 Å². The molecule has 17 heavy (non-hydrogen) atoms. The maximum absolute atomic E-state index is 5.13. The van der Waals surface area contributed by atoms with E-state index in [1.807, 2.05) is 12.1 Å². The molecule has 0 saturated carbocycles. The van der Waals surface area contributed by atoms with Gasteiger partial charge in [-0.3, -0.25) is 0 Å². The van der Waals surface area contributed by atoms with Crippen LogP contribution < -0.4 is 4.74 Å². The van der Waals surface area contributed by atoms with Crippen molar-refractivity contribution in [2.24, 2.45) is 0 Å². The van der Waals surface area contributed by atoms with Crippen molar-refractivity contribution in [3.8, 4) is 5.75 Å². The second kappa shape index (κ2) is 4.95. The van der Waals surface area contributed by atoms with Crippen LogP contribution in [0.1, 0.15) is 5.56 Å². The summed E-state index contributed by atoms with van der Waals surface area (Å²) in [5.74, 6) is 0.888. The van der Waals surface area contributed by atoms with E-state index in [1.165, 1.54) is 5.56 Å². The number of benzene rings is 1. The minimum absolute atomic E-state index is 0.303. The SMILES string of the molecule is COc1ccc(C=CC2N(C)C=CN2C)cc1. The van der Waals surface area contributed by atoms with Gasteiger partial charge in [-0.1, -0.05) is 18.2 Å². The van der Waals surface area contributed by atoms with Crippen molar-refractivity contribution in [3.05, 3.63) is 48.3 Å². The summed E-state index contributed by atoms with van der Waals surface area (Å²) in [6, 6.07) is 8.05. The van der Waals surface area contributed by atoms with E-state index < -0.39 is 0 Å². The molecule has 0 N–H and O–H groups in total. The summed E-state index contributed by atoms with van der Waals surface area (Å²) < 4.78 is 5.13. The molecule has 1 aromatic rings. The van der Waals surface area contributed by atoms with Gasteiger partial charge in [-0.15, -0.1) is 0 Å². The van der Waals surface area contributed by atoms with Crippen molar-refractivity contribution in [2.45, 2.75) is 6.17 Å². The molecule has 0 atom stereocenters. The minimum Gasteiger partial charge on any atom is -0.497 e. The topological polar surface area (TPSA) is 15.7 Å². The Kier molecular flexibility index (Phi) is 3.38. The largest absolute Gasteiger partial charge is 0.497 e. The molecule has 0 aromatic heterocycles. The van der Waals surface area contributed by atoms with Gasteiger partial charge < -0.3 is 14.5 Å². The molecule has 1 aliphatic heterocycles. The molecule has 0 fully saturated rings. The molecule has 1 heterocycles. The third kappa shape index (κ3) is 2.61. The quantitative estimate of drug-likeness (QED) is 0.793. The number of ether oxygens (including phenoxy) is 1. The molecule has 0 amide bonds. The van der Waals surface area contributed by atoms with E-state index in [2.05, 4.69) is 60.6 Å². The molecule has 3 nitrogen and oxygen atoms in total. The highest BCUT2D eigenvalue weighted by molar-refractivity contribution is 5.51. The number of hydrogen-bond acceptors (Lipinski definition) is 3. The summed E-state index contributed by atoms with van der Waals surface area (Å²) in [5.41, 5.74) is 1.18. The summed E-state index contributed by atoms with van der Waals surface area (Å²) in [7, 11) is 5.82. The Morgan fingerprint density at radius 1 is 1.06 bits per heavy atom. The number of rotatable bonds is 3. The van der Waals surface area contributed by atoms with Crippen LogP contribution in [0.2, 0.25) is 0 Å². The molecular formula is C14H18N2O. The fourth-order valence-electron chi connectivity index (χ4n) is 1.86. The molecule has 0 unspecified atom stereocenters. The second-order valence-corrected chi connectivity index (χ2v) is 4.17. The predicted octanol–water partition coefficient (Wildman–Crippen LogP) is 2.38. The highest BCUT2D eigenvalue weighted by atomic mass is 16.5. The molecule has 0 spiro atoms. The van der Waals surface area contributed by atoms with E-state index in [0.717, 1.165) is 5.75 Å². The van der Waals surface area contributed by atoms with Crippen LogP contribution in [0.5, 0.6) is 5.75 Å². The van der Waals surface area contributed by atoms with E-state index in [9.17, 15) is 0 Å². The number of likely N-dealkylation sites (N-methyl/N-ethyl adjacent to an activating group) is 2. The van der Waals surface area contributed by atoms with E-state index in [0.29, 0.717) is 6.17 Å². The Morgan fingerprint density at radius 3 is 2.18 bits per heavy atom. The fourth-order valence-corrected chi connectivity index (χ4v) is 1.86. The molecule has 2 rings (SSSR count). The van der Waals surface area contributed by atoms with Gasteiger partial charge in [0.2, 0.25) is 0 Å². The lowest BCUT2D eigenvalue weighted by molar-refractivity contribution is 0.258. The predicted molar refractivity (Wildman–Crippen MR) is 70.5 cm³/mol. The Bertz CT molecular complexity index is 410. The van der Waals surface area contributed by atoms with E-state index in [1.54, 1.807) is 7.11 Å². The van der Waals surface area contributed by atoms with Gasteiger partial charge in [0.25, 0.3) is 0 Å². The molecule has 1 aliphatic rings. The zero-order chi connectivity index (χ0) is 12.3. The van der Waals surface area contributed by atoms with Crippen LogP contribution in [0, 0.1) is 0 Å². The van der Waals surface area contributed by atoms with Crippen LogP contribution in [0.4, 0.5) is 0 Å². The van der Waals surface area contributed by atoms with Gasteiger partial charge in [-0.2, -0.15) is 0 Å². The van der Waals surface area contributed by atoms with Crippen LogP contribution in [-0.4, -0.2) is 37.2 Å². The van der Waals surface area contributed by atoms with Crippen LogP contribution in [0.25, 0.3) is 6.08 Å². The third-order valence-corrected chi connectivity index (χ3v) is 2.95. The molecule has 0 bridgehead atoms. The van der Waals surface area contributed by atoms with Crippen molar-refractivity contribution in [2.75, 3.05) is 21.2 Å². The van der Waals surface area contributed by atoms with Crippen molar-refractivity contribution in [3.63, 3.8) is 0 Å². The summed E-state index contributed by atoms with van der Waals surface area (Å²) in [6.45, 7) is 0. The molecule has 3 heteroatoms. The zero-order valence-electron chi connectivity index (χ0n) is 10.5. The normalized spacial score (nSPS) is 16.2. The van der Waals surface area contributed by atoms with Crippen LogP contribution in [0.15, 0.2) is 42.7 Å². The van der Waals surface area contributed by atoms with Gasteiger partial charge in [0, 0.05) is 26.5 Å². The smallest absolute Gasteiger partial charge is 0.120 e. The van der Waals surface area contributed by atoms with Crippen molar-refractivity contribution in [1.82, 2.24) is 9.80 Å². The average molecular weight is 230 g/mol. The highest BCUT2D eigenvalue weighted by Crippen LogP contribution is 2.16. The lowest BCUT2D eigenvalue weighted by Crippen LogP contribution is -2.31. The maximum Gasteiger partial charge on any atom is 0.120 e. The Hall–Kier alpha value is -1.90. The molecular weight excluding hydrogens is 212 g/mol. The van der Waals surface area contributed by atoms with Gasteiger partial charge >= 0.3 is 0 Å². The van der Waals surface area contributed by atoms with E-state index in [-0.39, 0.29) is 0 Å². The van der Waals surface area contributed by atoms with Crippen LogP contribution in [-0.2, 0) is 0 Å². The third-order valence-electron chi connectivity index (χ3n) is 2.95. The number of nitrogens with zero attached hydrogens (tertiary/aromatic N) is 2. The first-order chi connectivity index (χ1) is 8.20. The van der Waals surface area contributed by atoms with Gasteiger partial charge in [0.15, 0.2) is 0 Å². The van der Waals surface area contributed by atoms with E-state index >= 15 is 0 Å². The van der Waals surface area contributed by atoms with Crippen molar-refractivity contribution in [1.29, 1.82) is 0 Å². The fraction of sp³-hybridized carbons (Fsp3) is 0.286. The van der Waals surface area contributed by atoms with Crippen molar-refractivity contribution < 1.29 is 4.74 Å². The molecule has 90 valence electrons. The van der Waals surface area contributed by atoms with Gasteiger partial charge in [-0.05, 0) is 23.8 Å². The molecule has 1 aromatic carbocycles. The standard InChI is InChI=1S/C14H18N2O/c1-15-10-11-16(2)14(15)9-6-12-4-7-13(17-3)8-5-12/h4-11,14H,1-3H3. The average Bonchev–Trinajstić information content (AvgIpc) is 2.67. The first-order valence-corrected chi connectivity index (χ1v) is 5.65. The molecule has 0 saturated heterocycles. The zero-order valence-corrected chi connectivity index (χ0v) is 10.5. The highest BCUT2D eigenvalue weighted by Gasteiger charge is 2.16. The van der Waals surface area contributed by atoms with E-state index in [4.69, 9.17) is 4.74 Å². The van der Waals surface area contributed by atoms with Gasteiger partial charge in [-0.25, -0.2) is 0 Å². The van der Waals surface area contributed by atoms with Crippen molar-refractivity contribution >= 4 is 6.08 Å². The Morgan fingerprint density at radius 2 is 1.65 bits per heavy atom. The molecule has 0 aliphatic carbocycles. The van der Waals surface area contributed by atoms with Crippen LogP contribution >= 0.6 is 0 Å². The lowest BCUT2D eigenvalue weighted by Gasteiger charge is -2.24. The van der Waals surface area contributed by atoms with Gasteiger partial charge in [0.05, 0.1) is 7.11 Å². The summed E-state index contributed by atoms with van der Waals surface area (Å²) in [5, 5.41) is 0. The summed E-state index contributed by atoms with van der Waals surface area (Å²) in [4.78, 5) is 4.33. The Balaban J connectivity index is 2.04. The lowest BCUT2D eigenvalue weighted by atomic mass is 10.2. The Labute approximate surface area is 103 Å². The monoisotopic (exact) mass is 230 g/mol. The first-order valence-electron chi connectivity index (χ1n) is 5.65. The summed E-state index contributed by atoms with van der Waals surface area (Å²) in [6.07, 6.45) is 8.76. The minimum atomic E-state index is 0.303. The number of methoxy groups -OCH3 is 1. The molecule has 0 radical (unpaired) electrons.